The minimum absolute atomic E-state index is 0.0448. The average molecular weight is 681 g/mol. The van der Waals surface area contributed by atoms with Gasteiger partial charge in [0.1, 0.15) is 18.6 Å². The maximum Gasteiger partial charge on any atom is 0.326 e. The molecule has 0 aromatic carbocycles. The highest BCUT2D eigenvalue weighted by Crippen LogP contribution is 2.39. The van der Waals surface area contributed by atoms with Crippen LogP contribution in [0.25, 0.3) is 0 Å². The summed E-state index contributed by atoms with van der Waals surface area (Å²) in [5, 5.41) is 64.0. The van der Waals surface area contributed by atoms with E-state index in [0.29, 0.717) is 0 Å². The Labute approximate surface area is 269 Å². The minimum Gasteiger partial charge on any atom is -0.481 e. The molecule has 2 atom stereocenters. The number of hydrogen-bond donors (Lipinski definition) is 11. The van der Waals surface area contributed by atoms with Crippen molar-refractivity contribution in [3.05, 3.63) is 0 Å². The molecule has 0 heterocycles. The van der Waals surface area contributed by atoms with E-state index in [2.05, 4.69) is 16.0 Å². The largest absolute Gasteiger partial charge is 0.481 e. The Hall–Kier alpha value is -5.21. The second kappa shape index (κ2) is 20.7. The van der Waals surface area contributed by atoms with Gasteiger partial charge in [0.25, 0.3) is 0 Å². The Morgan fingerprint density at radius 2 is 1.15 bits per heavy atom. The number of carbonyl (C=O) groups is 9. The van der Waals surface area contributed by atoms with Gasteiger partial charge in [-0.1, -0.05) is 20.8 Å². The Balaban J connectivity index is 0. The third-order valence-electron chi connectivity index (χ3n) is 7.00. The van der Waals surface area contributed by atoms with Crippen LogP contribution in [0.1, 0.15) is 60.3 Å². The molecule has 0 aliphatic carbocycles. The number of nitrogens with one attached hydrogen (secondary N) is 5. The molecule has 0 aliphatic heterocycles. The van der Waals surface area contributed by atoms with Crippen LogP contribution in [-0.2, 0) is 28.8 Å². The lowest BCUT2D eigenvalue weighted by Gasteiger charge is -2.50. The SMILES string of the molecule is CC(C)(C(NC(=O)NC(=O)NCCCCC(NC(=O)NCC(=O)O)C(=O)O)C(=O)O)C(C)(C)N(CC(=O)O)CC(=O)O.CCC(=O)O. The minimum atomic E-state index is -1.71. The van der Waals surface area contributed by atoms with Crippen molar-refractivity contribution >= 4 is 53.9 Å². The summed E-state index contributed by atoms with van der Waals surface area (Å²) in [4.78, 5) is 103. The molecular formula is C26H44N6O15. The molecule has 0 spiro atoms. The van der Waals surface area contributed by atoms with Crippen molar-refractivity contribution in [2.75, 3.05) is 26.2 Å². The van der Waals surface area contributed by atoms with Gasteiger partial charge in [0.2, 0.25) is 0 Å². The van der Waals surface area contributed by atoms with Crippen LogP contribution in [0.5, 0.6) is 0 Å². The quantitative estimate of drug-likeness (QED) is 0.0745. The summed E-state index contributed by atoms with van der Waals surface area (Å²) in [5.41, 5.74) is -2.90. The summed E-state index contributed by atoms with van der Waals surface area (Å²) in [6, 6.07) is -6.27. The van der Waals surface area contributed by atoms with Gasteiger partial charge in [-0.25, -0.2) is 24.0 Å². The maximum atomic E-state index is 12.4. The molecule has 21 heteroatoms. The van der Waals surface area contributed by atoms with E-state index in [1.54, 1.807) is 6.92 Å². The highest BCUT2D eigenvalue weighted by molar-refractivity contribution is 5.95. The molecule has 0 aromatic heterocycles. The summed E-state index contributed by atoms with van der Waals surface area (Å²) in [6.45, 7) is 5.01. The first kappa shape index (κ1) is 43.9. The first-order chi connectivity index (χ1) is 21.5. The molecule has 0 bridgehead atoms. The molecule has 0 aliphatic rings. The van der Waals surface area contributed by atoms with E-state index in [1.807, 2.05) is 10.6 Å². The fourth-order valence-corrected chi connectivity index (χ4v) is 3.70. The van der Waals surface area contributed by atoms with Gasteiger partial charge in [0.05, 0.1) is 13.1 Å². The van der Waals surface area contributed by atoms with Crippen LogP contribution in [0.4, 0.5) is 14.4 Å². The molecule has 2 unspecified atom stereocenters. The number of imide groups is 1. The van der Waals surface area contributed by atoms with Crippen LogP contribution >= 0.6 is 0 Å². The smallest absolute Gasteiger partial charge is 0.326 e. The molecule has 21 nitrogen and oxygen atoms in total. The number of urea groups is 3. The van der Waals surface area contributed by atoms with Gasteiger partial charge in [0.15, 0.2) is 0 Å². The van der Waals surface area contributed by atoms with Gasteiger partial charge in [-0.2, -0.15) is 0 Å². The highest BCUT2D eigenvalue weighted by atomic mass is 16.4. The summed E-state index contributed by atoms with van der Waals surface area (Å²) in [6.07, 6.45) is 0.556. The van der Waals surface area contributed by atoms with Crippen molar-refractivity contribution in [1.29, 1.82) is 0 Å². The zero-order valence-electron chi connectivity index (χ0n) is 26.6. The summed E-state index contributed by atoms with van der Waals surface area (Å²) in [7, 11) is 0. The molecule has 0 radical (unpaired) electrons. The van der Waals surface area contributed by atoms with E-state index in [4.69, 9.17) is 10.2 Å². The van der Waals surface area contributed by atoms with E-state index >= 15 is 0 Å². The molecular weight excluding hydrogens is 636 g/mol. The van der Waals surface area contributed by atoms with Gasteiger partial charge < -0.3 is 51.9 Å². The van der Waals surface area contributed by atoms with Crippen LogP contribution in [0.3, 0.4) is 0 Å². The molecule has 47 heavy (non-hydrogen) atoms. The van der Waals surface area contributed by atoms with Crippen LogP contribution in [0.15, 0.2) is 0 Å². The van der Waals surface area contributed by atoms with E-state index in [1.165, 1.54) is 27.7 Å². The number of hydrogen-bond acceptors (Lipinski definition) is 10. The van der Waals surface area contributed by atoms with Crippen LogP contribution in [0.2, 0.25) is 0 Å². The number of carbonyl (C=O) groups excluding carboxylic acids is 3. The first-order valence-electron chi connectivity index (χ1n) is 14.0. The van der Waals surface area contributed by atoms with Gasteiger partial charge in [-0.15, -0.1) is 0 Å². The number of nitrogens with zero attached hydrogens (tertiary/aromatic N) is 1. The lowest BCUT2D eigenvalue weighted by atomic mass is 9.68. The third-order valence-corrected chi connectivity index (χ3v) is 7.00. The van der Waals surface area contributed by atoms with Gasteiger partial charge in [-0.3, -0.25) is 29.4 Å². The second-order valence-electron chi connectivity index (χ2n) is 10.9. The van der Waals surface area contributed by atoms with E-state index in [9.17, 15) is 63.6 Å². The van der Waals surface area contributed by atoms with Crippen LogP contribution < -0.4 is 26.6 Å². The molecule has 0 saturated carbocycles. The van der Waals surface area contributed by atoms with Crippen molar-refractivity contribution < 1.29 is 73.8 Å². The average Bonchev–Trinajstić information content (AvgIpc) is 2.92. The molecule has 11 N–H and O–H groups in total. The Morgan fingerprint density at radius 1 is 0.638 bits per heavy atom. The first-order valence-corrected chi connectivity index (χ1v) is 14.0. The van der Waals surface area contributed by atoms with Crippen LogP contribution in [0, 0.1) is 5.41 Å². The number of rotatable bonds is 19. The maximum absolute atomic E-state index is 12.4. The van der Waals surface area contributed by atoms with E-state index in [0.717, 1.165) is 4.90 Å². The predicted octanol–water partition coefficient (Wildman–Crippen LogP) is -0.787. The standard InChI is InChI=1S/C23H38N6O13.C3H6O2/c1-22(2,23(3,4)29(10-14(32)33)11-15(34)35)16(18(38)39)27-21(42)28-19(40)24-8-6-5-7-12(17(36)37)26-20(41)25-9-13(30)31;1-2-3(4)5/h12,16H,5-11H2,1-4H3,(H,30,31)(H,32,33)(H,34,35)(H,36,37)(H,38,39)(H2,25,26,41)(H3,24,27,28,40,42);2H2,1H3,(H,4,5). The van der Waals surface area contributed by atoms with Crippen molar-refractivity contribution in [3.8, 4) is 0 Å². The predicted molar refractivity (Wildman–Crippen MR) is 159 cm³/mol. The van der Waals surface area contributed by atoms with Gasteiger partial charge in [-0.05, 0) is 33.1 Å². The van der Waals surface area contributed by atoms with Gasteiger partial charge in [0, 0.05) is 23.9 Å². The fraction of sp³-hybridized carbons (Fsp3) is 0.654. The lowest BCUT2D eigenvalue weighted by Crippen LogP contribution is -2.66. The Kier molecular flexibility index (Phi) is 19.4. The number of carboxylic acid groups (broad SMARTS) is 6. The third kappa shape index (κ3) is 17.8. The molecule has 0 saturated heterocycles. The number of carboxylic acids is 6. The summed E-state index contributed by atoms with van der Waals surface area (Å²) < 4.78 is 0. The topological polar surface area (TPSA) is 338 Å². The summed E-state index contributed by atoms with van der Waals surface area (Å²) >= 11 is 0. The molecule has 0 rings (SSSR count). The molecule has 6 amide bonds. The fourth-order valence-electron chi connectivity index (χ4n) is 3.70. The zero-order valence-corrected chi connectivity index (χ0v) is 26.6. The van der Waals surface area contributed by atoms with Crippen molar-refractivity contribution in [2.24, 2.45) is 5.41 Å². The number of unbranched alkanes of at least 4 members (excludes halogenated alkanes) is 1. The summed E-state index contributed by atoms with van der Waals surface area (Å²) in [5.74, 6) is -7.68. The zero-order chi connectivity index (χ0) is 37.1. The Bertz CT molecular complexity index is 1140. The normalized spacial score (nSPS) is 12.2. The van der Waals surface area contributed by atoms with E-state index in [-0.39, 0.29) is 32.2 Å². The van der Waals surface area contributed by atoms with Crippen molar-refractivity contribution in [2.45, 2.75) is 77.9 Å². The van der Waals surface area contributed by atoms with E-state index < -0.39 is 96.6 Å². The highest BCUT2D eigenvalue weighted by Gasteiger charge is 2.51. The lowest BCUT2D eigenvalue weighted by molar-refractivity contribution is -0.151. The number of amides is 6. The van der Waals surface area contributed by atoms with Crippen molar-refractivity contribution in [3.63, 3.8) is 0 Å². The second-order valence-corrected chi connectivity index (χ2v) is 10.9. The van der Waals surface area contributed by atoms with Crippen molar-refractivity contribution in [1.82, 2.24) is 31.5 Å². The molecule has 0 fully saturated rings. The molecule has 268 valence electrons. The van der Waals surface area contributed by atoms with Gasteiger partial charge >= 0.3 is 53.9 Å². The van der Waals surface area contributed by atoms with Crippen LogP contribution in [-0.4, -0.2) is 133 Å². The monoisotopic (exact) mass is 680 g/mol. The Morgan fingerprint density at radius 3 is 1.55 bits per heavy atom. The number of aliphatic carboxylic acids is 6. The molecule has 0 aromatic rings.